The fraction of sp³-hybridized carbons (Fsp3) is 0.480. The van der Waals surface area contributed by atoms with Crippen molar-refractivity contribution in [3.05, 3.63) is 54.1 Å². The highest BCUT2D eigenvalue weighted by atomic mass is 127. The highest BCUT2D eigenvalue weighted by molar-refractivity contribution is 14.0. The summed E-state index contributed by atoms with van der Waals surface area (Å²) in [5.41, 5.74) is 1.15. The standard InChI is InChI=1S/C25H34N4O3.HI/c1-3-26-25(29-13-12-21(19-29)28-14-16-31-17-15-28)27-18-20-8-10-22(11-9-20)32-24-7-5-4-6-23(24)30-2;/h4-11,21H,3,12-19H2,1-2H3,(H,26,27);1H. The minimum absolute atomic E-state index is 0. The number of rotatable bonds is 7. The first kappa shape index (κ1) is 25.6. The van der Waals surface area contributed by atoms with E-state index < -0.39 is 0 Å². The molecular formula is C25H35IN4O3. The van der Waals surface area contributed by atoms with Crippen molar-refractivity contribution in [1.82, 2.24) is 15.1 Å². The van der Waals surface area contributed by atoms with Gasteiger partial charge in [0.05, 0.1) is 26.9 Å². The summed E-state index contributed by atoms with van der Waals surface area (Å²) in [7, 11) is 1.65. The average Bonchev–Trinajstić information content (AvgIpc) is 3.34. The van der Waals surface area contributed by atoms with Crippen molar-refractivity contribution in [2.24, 2.45) is 4.99 Å². The summed E-state index contributed by atoms with van der Waals surface area (Å²) in [6.07, 6.45) is 1.18. The zero-order valence-electron chi connectivity index (χ0n) is 19.5. The predicted molar refractivity (Wildman–Crippen MR) is 142 cm³/mol. The number of halogens is 1. The van der Waals surface area contributed by atoms with E-state index in [1.54, 1.807) is 7.11 Å². The maximum absolute atomic E-state index is 5.98. The molecule has 1 N–H and O–H groups in total. The van der Waals surface area contributed by atoms with Crippen molar-refractivity contribution >= 4 is 29.9 Å². The van der Waals surface area contributed by atoms with Crippen LogP contribution < -0.4 is 14.8 Å². The zero-order chi connectivity index (χ0) is 22.2. The van der Waals surface area contributed by atoms with Crippen LogP contribution in [0.5, 0.6) is 17.2 Å². The Bertz CT molecular complexity index is 887. The predicted octanol–water partition coefficient (Wildman–Crippen LogP) is 3.98. The number of nitrogens with one attached hydrogen (secondary N) is 1. The zero-order valence-corrected chi connectivity index (χ0v) is 21.9. The Morgan fingerprint density at radius 3 is 2.48 bits per heavy atom. The van der Waals surface area contributed by atoms with Crippen LogP contribution in [0.1, 0.15) is 18.9 Å². The monoisotopic (exact) mass is 566 g/mol. The molecule has 2 aliphatic rings. The molecule has 4 rings (SSSR count). The molecule has 0 aliphatic carbocycles. The van der Waals surface area contributed by atoms with E-state index in [0.717, 1.165) is 69.0 Å². The van der Waals surface area contributed by atoms with Gasteiger partial charge >= 0.3 is 0 Å². The lowest BCUT2D eigenvalue weighted by Crippen LogP contribution is -2.46. The molecule has 0 bridgehead atoms. The van der Waals surface area contributed by atoms with Crippen LogP contribution in [0.3, 0.4) is 0 Å². The van der Waals surface area contributed by atoms with E-state index >= 15 is 0 Å². The van der Waals surface area contributed by atoms with E-state index in [2.05, 4.69) is 34.2 Å². The second-order valence-corrected chi connectivity index (χ2v) is 8.10. The molecule has 2 heterocycles. The Kier molecular flexibility index (Phi) is 10.1. The maximum Gasteiger partial charge on any atom is 0.194 e. The van der Waals surface area contributed by atoms with Gasteiger partial charge < -0.3 is 24.4 Å². The van der Waals surface area contributed by atoms with Crippen molar-refractivity contribution in [3.63, 3.8) is 0 Å². The summed E-state index contributed by atoms with van der Waals surface area (Å²) >= 11 is 0. The molecule has 7 nitrogen and oxygen atoms in total. The minimum atomic E-state index is 0. The topological polar surface area (TPSA) is 58.6 Å². The number of para-hydroxylation sites is 2. The Labute approximate surface area is 214 Å². The Hall–Kier alpha value is -2.04. The molecule has 2 fully saturated rings. The van der Waals surface area contributed by atoms with Gasteiger partial charge in [-0.1, -0.05) is 24.3 Å². The number of nitrogens with zero attached hydrogens (tertiary/aromatic N) is 3. The average molecular weight is 566 g/mol. The second kappa shape index (κ2) is 13.0. The third-order valence-electron chi connectivity index (χ3n) is 5.99. The van der Waals surface area contributed by atoms with Gasteiger partial charge in [0.2, 0.25) is 0 Å². The number of morpholine rings is 1. The molecule has 0 saturated carbocycles. The van der Waals surface area contributed by atoms with Gasteiger partial charge in [0.25, 0.3) is 0 Å². The van der Waals surface area contributed by atoms with Gasteiger partial charge in [-0.2, -0.15) is 0 Å². The van der Waals surface area contributed by atoms with Gasteiger partial charge in [-0.15, -0.1) is 24.0 Å². The van der Waals surface area contributed by atoms with Crippen LogP contribution in [0.2, 0.25) is 0 Å². The third kappa shape index (κ3) is 6.97. The molecule has 1 atom stereocenters. The van der Waals surface area contributed by atoms with E-state index in [0.29, 0.717) is 18.3 Å². The fourth-order valence-electron chi connectivity index (χ4n) is 4.26. The fourth-order valence-corrected chi connectivity index (χ4v) is 4.26. The number of aliphatic imine (C=N–C) groups is 1. The van der Waals surface area contributed by atoms with E-state index in [4.69, 9.17) is 19.2 Å². The number of ether oxygens (including phenoxy) is 3. The van der Waals surface area contributed by atoms with Crippen LogP contribution in [0.15, 0.2) is 53.5 Å². The number of hydrogen-bond donors (Lipinski definition) is 1. The van der Waals surface area contributed by atoms with E-state index in [9.17, 15) is 0 Å². The first-order valence-corrected chi connectivity index (χ1v) is 11.5. The smallest absolute Gasteiger partial charge is 0.194 e. The summed E-state index contributed by atoms with van der Waals surface area (Å²) in [6.45, 7) is 9.46. The van der Waals surface area contributed by atoms with Gasteiger partial charge in [-0.25, -0.2) is 4.99 Å². The summed E-state index contributed by atoms with van der Waals surface area (Å²) in [5.74, 6) is 3.20. The molecule has 8 heteroatoms. The van der Waals surface area contributed by atoms with Crippen molar-refractivity contribution in [1.29, 1.82) is 0 Å². The van der Waals surface area contributed by atoms with E-state index in [1.807, 2.05) is 36.4 Å². The number of methoxy groups -OCH3 is 1. The number of hydrogen-bond acceptors (Lipinski definition) is 5. The molecule has 0 aromatic heterocycles. The quantitative estimate of drug-likeness (QED) is 0.311. The molecule has 0 spiro atoms. The number of guanidine groups is 1. The van der Waals surface area contributed by atoms with E-state index in [1.165, 1.54) is 6.42 Å². The molecule has 2 aliphatic heterocycles. The van der Waals surface area contributed by atoms with Crippen LogP contribution in [-0.2, 0) is 11.3 Å². The minimum Gasteiger partial charge on any atom is -0.493 e. The molecule has 33 heavy (non-hydrogen) atoms. The van der Waals surface area contributed by atoms with Gasteiger partial charge in [-0.3, -0.25) is 4.90 Å². The highest BCUT2D eigenvalue weighted by Crippen LogP contribution is 2.31. The van der Waals surface area contributed by atoms with Crippen LogP contribution in [0, 0.1) is 0 Å². The van der Waals surface area contributed by atoms with Crippen LogP contribution in [0.25, 0.3) is 0 Å². The summed E-state index contributed by atoms with van der Waals surface area (Å²) in [6, 6.07) is 16.3. The van der Waals surface area contributed by atoms with Crippen LogP contribution >= 0.6 is 24.0 Å². The maximum atomic E-state index is 5.98. The molecule has 180 valence electrons. The molecule has 2 aromatic rings. The molecule has 0 radical (unpaired) electrons. The highest BCUT2D eigenvalue weighted by Gasteiger charge is 2.30. The number of benzene rings is 2. The molecular weight excluding hydrogens is 531 g/mol. The van der Waals surface area contributed by atoms with Crippen LogP contribution in [0.4, 0.5) is 0 Å². The van der Waals surface area contributed by atoms with Gasteiger partial charge in [0, 0.05) is 38.8 Å². The lowest BCUT2D eigenvalue weighted by Gasteiger charge is -2.32. The van der Waals surface area contributed by atoms with E-state index in [-0.39, 0.29) is 24.0 Å². The largest absolute Gasteiger partial charge is 0.493 e. The summed E-state index contributed by atoms with van der Waals surface area (Å²) in [5, 5.41) is 3.47. The Morgan fingerprint density at radius 2 is 1.79 bits per heavy atom. The number of likely N-dealkylation sites (tertiary alicyclic amines) is 1. The Balaban J connectivity index is 0.00000306. The van der Waals surface area contributed by atoms with Crippen molar-refractivity contribution in [3.8, 4) is 17.2 Å². The van der Waals surface area contributed by atoms with Crippen LogP contribution in [-0.4, -0.2) is 74.8 Å². The van der Waals surface area contributed by atoms with Gasteiger partial charge in [-0.05, 0) is 43.2 Å². The molecule has 0 amide bonds. The van der Waals surface area contributed by atoms with Gasteiger partial charge in [0.15, 0.2) is 17.5 Å². The SMILES string of the molecule is CCNC(=NCc1ccc(Oc2ccccc2OC)cc1)N1CCC(N2CCOCC2)C1.I. The summed E-state index contributed by atoms with van der Waals surface area (Å²) < 4.78 is 16.8. The van der Waals surface area contributed by atoms with Crippen molar-refractivity contribution in [2.75, 3.05) is 53.0 Å². The van der Waals surface area contributed by atoms with Crippen molar-refractivity contribution < 1.29 is 14.2 Å². The second-order valence-electron chi connectivity index (χ2n) is 8.10. The molecule has 2 saturated heterocycles. The third-order valence-corrected chi connectivity index (χ3v) is 5.99. The molecule has 1 unspecified atom stereocenters. The Morgan fingerprint density at radius 1 is 1.06 bits per heavy atom. The van der Waals surface area contributed by atoms with Crippen molar-refractivity contribution in [2.45, 2.75) is 25.9 Å². The first-order chi connectivity index (χ1) is 15.8. The normalized spacial score (nSPS) is 19.2. The van der Waals surface area contributed by atoms with Gasteiger partial charge in [0.1, 0.15) is 5.75 Å². The molecule has 2 aromatic carbocycles. The summed E-state index contributed by atoms with van der Waals surface area (Å²) in [4.78, 5) is 9.87. The lowest BCUT2D eigenvalue weighted by atomic mass is 10.2. The lowest BCUT2D eigenvalue weighted by molar-refractivity contribution is 0.0195. The first-order valence-electron chi connectivity index (χ1n) is 11.5.